The van der Waals surface area contributed by atoms with Crippen molar-refractivity contribution in [3.05, 3.63) is 117 Å². The number of nitrogens with two attached hydrogens (primary N) is 2. The van der Waals surface area contributed by atoms with E-state index in [4.69, 9.17) is 61.4 Å². The number of urea groups is 2. The Hall–Kier alpha value is -7.54. The van der Waals surface area contributed by atoms with E-state index in [-0.39, 0.29) is 87.5 Å². The fourth-order valence-corrected chi connectivity index (χ4v) is 26.3. The van der Waals surface area contributed by atoms with Crippen LogP contribution in [0.2, 0.25) is 0 Å². The fourth-order valence-electron chi connectivity index (χ4n) is 25.4. The van der Waals surface area contributed by atoms with Crippen molar-refractivity contribution in [2.75, 3.05) is 88.8 Å². The van der Waals surface area contributed by atoms with Gasteiger partial charge < -0.3 is 65.7 Å². The highest BCUT2D eigenvalue weighted by atomic mass is 79.9. The molecule has 4 unspecified atom stereocenters. The minimum atomic E-state index is -1.06. The molecule has 0 radical (unpaired) electrons. The number of alkyl halides is 1. The van der Waals surface area contributed by atoms with Gasteiger partial charge in [-0.3, -0.25) is 44.0 Å². The van der Waals surface area contributed by atoms with Crippen LogP contribution in [0.1, 0.15) is 271 Å². The van der Waals surface area contributed by atoms with Crippen molar-refractivity contribution in [1.82, 2.24) is 35.6 Å². The highest BCUT2D eigenvalue weighted by Gasteiger charge is 2.72. The molecule has 11 fully saturated rings. The average Bonchev–Trinajstić information content (AvgIpc) is 1.54. The quantitative estimate of drug-likeness (QED) is 0.0203. The average molecular weight is 1870 g/mol. The van der Waals surface area contributed by atoms with Crippen LogP contribution in [0.4, 0.5) is 9.59 Å². The molecule has 20 rings (SSSR count). The van der Waals surface area contributed by atoms with E-state index in [2.05, 4.69) is 85.0 Å². The van der Waals surface area contributed by atoms with Crippen molar-refractivity contribution < 1.29 is 77.2 Å². The Balaban J connectivity index is 0.000000132. The van der Waals surface area contributed by atoms with Crippen LogP contribution in [0.3, 0.4) is 0 Å². The van der Waals surface area contributed by atoms with Gasteiger partial charge in [0.1, 0.15) is 23.0 Å². The third-order valence-corrected chi connectivity index (χ3v) is 34.2. The van der Waals surface area contributed by atoms with Crippen molar-refractivity contribution >= 4 is 74.9 Å². The van der Waals surface area contributed by atoms with Crippen LogP contribution in [0.5, 0.6) is 23.0 Å². The molecule has 3 saturated heterocycles. The second-order valence-electron chi connectivity index (χ2n) is 40.9. The number of fused-ring (bicyclic) bond motifs is 12. The number of nitrogens with one attached hydrogen (secondary N) is 3. The Morgan fingerprint density at radius 1 is 0.426 bits per heavy atom. The number of hydrogen-bond donors (Lipinski definition) is 7. The molecule has 4 aromatic carbocycles. The first-order chi connectivity index (χ1) is 61.9. The summed E-state index contributed by atoms with van der Waals surface area (Å²) in [6, 6.07) is 23.3. The van der Waals surface area contributed by atoms with E-state index in [0.717, 1.165) is 205 Å². The maximum absolute atomic E-state index is 13.7. The number of amides is 8. The second kappa shape index (κ2) is 40.3. The van der Waals surface area contributed by atoms with Gasteiger partial charge >= 0.3 is 12.1 Å². The number of rotatable bonds is 14. The molecular weight excluding hydrogens is 1720 g/mol. The minimum absolute atomic E-state index is 0.00237. The lowest BCUT2D eigenvalue weighted by Gasteiger charge is -2.46. The predicted molar refractivity (Wildman–Crippen MR) is 503 cm³/mol. The molecule has 708 valence electrons. The molecule has 4 heterocycles. The Labute approximate surface area is 778 Å². The van der Waals surface area contributed by atoms with E-state index in [1.165, 1.54) is 148 Å². The SMILES string of the molecule is BrCC1CCCC1.CC(C)(C)OO.CN.COC1CCC2(CC1)Cc1ccc(O)cc1C21NC(=O)N(C)C1=O.COC1CCC2(CC1)Cc1ccc(OCC3CCCC3)cc1C21N=C(N)N(C)C1=O.COC1CCC2(CC1)Cc1ccc(OCC3CCCC3)cc1C21NC(=O)N(C)C1=O.COC1CCC2(CC1)Cc1ccc(OCC3CCCC3)cc1C21NC(=S)N(C)C1=O. The number of imide groups is 2. The lowest BCUT2D eigenvalue weighted by molar-refractivity contribution is -0.306. The van der Waals surface area contributed by atoms with E-state index in [0.29, 0.717) is 28.8 Å². The van der Waals surface area contributed by atoms with Gasteiger partial charge in [0.25, 0.3) is 23.6 Å². The second-order valence-corrected chi connectivity index (χ2v) is 42.0. The molecular formula is C101H145BrN10O16S. The van der Waals surface area contributed by atoms with E-state index in [1.807, 2.05) is 18.2 Å². The lowest BCUT2D eigenvalue weighted by atomic mass is 9.61. The molecule has 12 aliphatic carbocycles. The predicted octanol–water partition coefficient (Wildman–Crippen LogP) is 16.4. The van der Waals surface area contributed by atoms with Crippen LogP contribution >= 0.6 is 28.1 Å². The van der Waals surface area contributed by atoms with Gasteiger partial charge in [0, 0.05) is 83.6 Å². The number of methoxy groups -OCH3 is 4. The van der Waals surface area contributed by atoms with Crippen molar-refractivity contribution in [1.29, 1.82) is 0 Å². The molecule has 8 spiro atoms. The molecule has 4 atom stereocenters. The summed E-state index contributed by atoms with van der Waals surface area (Å²) in [5.41, 5.74) is 13.9. The number of carbonyl (C=O) groups excluding carboxylic acids is 6. The monoisotopic (exact) mass is 1860 g/mol. The molecule has 4 aromatic rings. The van der Waals surface area contributed by atoms with E-state index >= 15 is 0 Å². The third kappa shape index (κ3) is 18.2. The normalized spacial score (nSPS) is 31.8. The molecule has 28 heteroatoms. The molecule has 26 nitrogen and oxygen atoms in total. The summed E-state index contributed by atoms with van der Waals surface area (Å²) < 4.78 is 40.9. The summed E-state index contributed by atoms with van der Waals surface area (Å²) in [5.74, 6) is 5.65. The van der Waals surface area contributed by atoms with Crippen LogP contribution in [-0.2, 0) is 90.9 Å². The summed E-state index contributed by atoms with van der Waals surface area (Å²) in [6.07, 6.45) is 39.9. The zero-order chi connectivity index (χ0) is 92.2. The number of halogens is 1. The van der Waals surface area contributed by atoms with E-state index in [1.54, 1.807) is 87.4 Å². The topological polar surface area (TPSA) is 330 Å². The summed E-state index contributed by atoms with van der Waals surface area (Å²) in [6.45, 7) is 7.57. The summed E-state index contributed by atoms with van der Waals surface area (Å²) in [4.78, 5) is 93.5. The highest BCUT2D eigenvalue weighted by molar-refractivity contribution is 9.09. The molecule has 8 amide bonds. The zero-order valence-electron chi connectivity index (χ0n) is 78.6. The number of guanidine groups is 1. The fraction of sp³-hybridized carbons (Fsp3) is 0.683. The number of phenolic OH excluding ortho intramolecular Hbond substituents is 1. The number of thiocarbonyl (C=S) groups is 1. The first kappa shape index (κ1) is 97.5. The number of phenols is 1. The van der Waals surface area contributed by atoms with E-state index in [9.17, 15) is 33.9 Å². The molecule has 0 bridgehead atoms. The van der Waals surface area contributed by atoms with Crippen molar-refractivity contribution in [2.45, 2.75) is 304 Å². The largest absolute Gasteiger partial charge is 0.508 e. The molecule has 129 heavy (non-hydrogen) atoms. The van der Waals surface area contributed by atoms with Crippen molar-refractivity contribution in [2.24, 2.45) is 61.8 Å². The first-order valence-corrected chi connectivity index (χ1v) is 49.6. The third-order valence-electron chi connectivity index (χ3n) is 32.9. The van der Waals surface area contributed by atoms with Gasteiger partial charge in [0.15, 0.2) is 33.2 Å². The number of aliphatic imine (C=N–C) groups is 1. The van der Waals surface area contributed by atoms with E-state index < -0.39 is 27.8 Å². The summed E-state index contributed by atoms with van der Waals surface area (Å²) in [7, 11) is 15.2. The zero-order valence-corrected chi connectivity index (χ0v) is 81.0. The summed E-state index contributed by atoms with van der Waals surface area (Å²) >= 11 is 9.03. The smallest absolute Gasteiger partial charge is 0.325 e. The van der Waals surface area contributed by atoms with Crippen LogP contribution in [0.25, 0.3) is 0 Å². The number of nitrogens with zero attached hydrogens (tertiary/aromatic N) is 5. The first-order valence-electron chi connectivity index (χ1n) is 48.0. The van der Waals surface area contributed by atoms with Gasteiger partial charge in [-0.05, 0) is 337 Å². The lowest BCUT2D eigenvalue weighted by Crippen LogP contribution is -2.56. The number of benzene rings is 4. The van der Waals surface area contributed by atoms with Crippen LogP contribution < -0.4 is 41.6 Å². The van der Waals surface area contributed by atoms with Gasteiger partial charge in [0.2, 0.25) is 0 Å². The summed E-state index contributed by atoms with van der Waals surface area (Å²) in [5, 5.41) is 29.3. The van der Waals surface area contributed by atoms with Crippen molar-refractivity contribution in [3.8, 4) is 23.0 Å². The highest BCUT2D eigenvalue weighted by Crippen LogP contribution is 2.66. The Morgan fingerprint density at radius 3 is 1.01 bits per heavy atom. The molecule has 0 aromatic heterocycles. The van der Waals surface area contributed by atoms with Gasteiger partial charge in [-0.25, -0.2) is 19.5 Å². The maximum Gasteiger partial charge on any atom is 0.325 e. The van der Waals surface area contributed by atoms with Gasteiger partial charge in [-0.15, -0.1) is 0 Å². The molecule has 4 aliphatic heterocycles. The number of likely N-dealkylation sites (N-methyl/N-ethyl adjacent to an activating group) is 4. The Bertz CT molecular complexity index is 4560. The number of aromatic hydroxyl groups is 1. The standard InChI is InChI=1S/C24H33N3O3.C24H32N2O4.C24H32N2O3S.C18H22N2O4.C6H11Br.C4H10O2.CH5N/c1-27-21(28)24(26-22(27)25)20-13-19(30-15-16-5-3-4-6-16)8-7-17(20)14-23(24)11-9-18(29-2)10-12-23;1-26-21(27)24(25-22(26)28)20-13-19(30-15-16-5-3-4-6-16)8-7-17(20)14-23(24)11-9-18(29-2)10-12-23;1-26-21(27)24(25-22(26)30)20-13-19(29-15-16-5-3-4-6-16)8-7-17(20)14-23(24)11-9-18(28-2)10-12-23;1-20-15(22)18(19-16(20)23)14-9-12(21)4-3-11(14)10-17(18)7-5-13(24-2)6-8-17;7-5-6-3-1-2-4-6;1-4(2,3)6-5;1-2/h7-8,13,16,18H,3-6,9-12,14-15H2,1-2H3,(H2,25,26);7-8,13,16,18H,3-6,9-12,14-15H2,1-2H3,(H,25,28);7-8,13,16,18H,3-6,9-12,14-15H2,1-2H3,(H,25,30);3-4,9,13,21H,5-8,10H2,1-2H3,(H,19,23);6H,1-5H2;5H,1-3H3;2H2,1H3. The molecule has 9 N–H and O–H groups in total. The Morgan fingerprint density at radius 2 is 0.721 bits per heavy atom. The van der Waals surface area contributed by atoms with Crippen molar-refractivity contribution in [3.63, 3.8) is 0 Å². The maximum atomic E-state index is 13.7. The minimum Gasteiger partial charge on any atom is -0.508 e. The molecule has 16 aliphatic rings. The Kier molecular flexibility index (Phi) is 30.5. The van der Waals surface area contributed by atoms with Crippen LogP contribution in [0, 0.1) is 45.3 Å². The van der Waals surface area contributed by atoms with Gasteiger partial charge in [-0.2, -0.15) is 0 Å². The van der Waals surface area contributed by atoms with Gasteiger partial charge in [0.05, 0.1) is 49.8 Å². The van der Waals surface area contributed by atoms with Gasteiger partial charge in [-0.1, -0.05) is 91.6 Å². The molecule has 8 saturated carbocycles. The number of hydrogen-bond acceptors (Lipinski definition) is 20. The number of carbonyl (C=O) groups is 6. The van der Waals surface area contributed by atoms with Crippen LogP contribution in [0.15, 0.2) is 77.8 Å². The number of ether oxygens (including phenoxy) is 7. The van der Waals surface area contributed by atoms with Crippen LogP contribution in [-0.4, -0.2) is 196 Å².